The van der Waals surface area contributed by atoms with Gasteiger partial charge in [-0.15, -0.1) is 0 Å². The third-order valence-electron chi connectivity index (χ3n) is 3.72. The highest BCUT2D eigenvalue weighted by atomic mass is 16.2. The Morgan fingerprint density at radius 2 is 2.14 bits per heavy atom. The molecule has 1 unspecified atom stereocenters. The van der Waals surface area contributed by atoms with Gasteiger partial charge in [0, 0.05) is 18.5 Å². The van der Waals surface area contributed by atoms with Crippen molar-refractivity contribution < 1.29 is 14.4 Å². The van der Waals surface area contributed by atoms with Crippen LogP contribution in [0.15, 0.2) is 35.5 Å². The monoisotopic (exact) mass is 288 g/mol. The topological polar surface area (TPSA) is 66.5 Å². The van der Waals surface area contributed by atoms with Crippen LogP contribution in [0.25, 0.3) is 0 Å². The van der Waals surface area contributed by atoms with Crippen molar-refractivity contribution in [2.45, 2.75) is 39.2 Å². The van der Waals surface area contributed by atoms with Crippen LogP contribution in [0.4, 0.5) is 0 Å². The summed E-state index contributed by atoms with van der Waals surface area (Å²) in [5.74, 6) is -0.855. The van der Waals surface area contributed by atoms with Gasteiger partial charge >= 0.3 is 0 Å². The lowest BCUT2D eigenvalue weighted by Crippen LogP contribution is -2.52. The molecule has 2 fully saturated rings. The largest absolute Gasteiger partial charge is 0.322 e. The Balaban J connectivity index is 2.20. The van der Waals surface area contributed by atoms with Crippen LogP contribution in [0.2, 0.25) is 0 Å². The van der Waals surface area contributed by atoms with Crippen molar-refractivity contribution >= 4 is 17.7 Å². The van der Waals surface area contributed by atoms with E-state index in [-0.39, 0.29) is 18.2 Å². The van der Waals surface area contributed by atoms with E-state index in [4.69, 9.17) is 0 Å². The van der Waals surface area contributed by atoms with Gasteiger partial charge in [-0.25, -0.2) is 0 Å². The number of hydrogen-bond donors (Lipinski definition) is 1. The van der Waals surface area contributed by atoms with Crippen molar-refractivity contribution in [2.24, 2.45) is 0 Å². The zero-order valence-corrected chi connectivity index (χ0v) is 12.4. The number of carbonyl (C=O) groups is 3. The number of nitrogens with one attached hydrogen (secondary N) is 1. The second-order valence-electron chi connectivity index (χ2n) is 5.42. The molecule has 0 radical (unpaired) electrons. The van der Waals surface area contributed by atoms with Gasteiger partial charge in [-0.05, 0) is 31.4 Å². The third kappa shape index (κ3) is 3.12. The normalized spacial score (nSPS) is 25.8. The molecule has 5 nitrogen and oxygen atoms in total. The van der Waals surface area contributed by atoms with Gasteiger partial charge in [0.15, 0.2) is 0 Å². The number of amides is 3. The van der Waals surface area contributed by atoms with Gasteiger partial charge in [-0.1, -0.05) is 25.2 Å². The minimum Gasteiger partial charge on any atom is -0.322 e. The summed E-state index contributed by atoms with van der Waals surface area (Å²) >= 11 is 0. The Labute approximate surface area is 124 Å². The van der Waals surface area contributed by atoms with Crippen LogP contribution in [0, 0.1) is 0 Å². The molecule has 0 saturated carbocycles. The first kappa shape index (κ1) is 15.2. The number of likely N-dealkylation sites (tertiary alicyclic amines) is 1. The van der Waals surface area contributed by atoms with Crippen LogP contribution in [-0.4, -0.2) is 35.2 Å². The molecular formula is C16H20N2O3. The van der Waals surface area contributed by atoms with Gasteiger partial charge < -0.3 is 4.90 Å². The van der Waals surface area contributed by atoms with Gasteiger partial charge in [0.2, 0.25) is 11.8 Å². The first-order chi connectivity index (χ1) is 9.93. The molecule has 0 aromatic heterocycles. The van der Waals surface area contributed by atoms with Gasteiger partial charge in [0.25, 0.3) is 5.91 Å². The molecule has 0 bridgehead atoms. The van der Waals surface area contributed by atoms with Crippen molar-refractivity contribution in [1.82, 2.24) is 10.2 Å². The number of nitrogens with zero attached hydrogens (tertiary/aromatic N) is 1. The van der Waals surface area contributed by atoms with Crippen LogP contribution in [0.1, 0.15) is 33.1 Å². The second-order valence-corrected chi connectivity index (χ2v) is 5.42. The van der Waals surface area contributed by atoms with E-state index in [0.717, 1.165) is 12.0 Å². The Bertz CT molecular complexity index is 572. The van der Waals surface area contributed by atoms with Gasteiger partial charge in [-0.3, -0.25) is 19.7 Å². The predicted molar refractivity (Wildman–Crippen MR) is 79.2 cm³/mol. The molecule has 0 aliphatic carbocycles. The lowest BCUT2D eigenvalue weighted by Gasteiger charge is -2.28. The molecule has 2 aliphatic heterocycles. The Hall–Kier alpha value is -2.17. The summed E-state index contributed by atoms with van der Waals surface area (Å²) in [6.45, 7) is 8.24. The van der Waals surface area contributed by atoms with E-state index in [1.807, 2.05) is 26.0 Å². The fraction of sp³-hybridized carbons (Fsp3) is 0.438. The van der Waals surface area contributed by atoms with E-state index in [1.54, 1.807) is 0 Å². The molecule has 2 saturated heterocycles. The quantitative estimate of drug-likeness (QED) is 0.632. The van der Waals surface area contributed by atoms with Crippen LogP contribution in [0.5, 0.6) is 0 Å². The fourth-order valence-corrected chi connectivity index (χ4v) is 2.67. The van der Waals surface area contributed by atoms with Crippen LogP contribution in [-0.2, 0) is 14.4 Å². The molecule has 3 amide bonds. The highest BCUT2D eigenvalue weighted by Gasteiger charge is 2.39. The average molecular weight is 288 g/mol. The summed E-state index contributed by atoms with van der Waals surface area (Å²) in [5.41, 5.74) is 2.28. The molecule has 112 valence electrons. The smallest absolute Gasteiger partial charge is 0.255 e. The van der Waals surface area contributed by atoms with E-state index in [0.29, 0.717) is 24.1 Å². The Morgan fingerprint density at radius 3 is 2.76 bits per heavy atom. The number of piperidine rings is 1. The number of carbonyl (C=O) groups excluding carboxylic acids is 3. The standard InChI is InChI=1S/C16H20N2O3/c1-4-5-10(2)8-12-11(3)9-18(16(12)21)13-6-7-14(19)17-15(13)20/h5,8,13H,3-4,6-7,9H2,1-2H3,(H,17,19,20)/b10-5-,12-8+. The molecule has 2 rings (SSSR count). The van der Waals surface area contributed by atoms with E-state index >= 15 is 0 Å². The van der Waals surface area contributed by atoms with Crippen LogP contribution >= 0.6 is 0 Å². The summed E-state index contributed by atoms with van der Waals surface area (Å²) in [5, 5.41) is 2.29. The van der Waals surface area contributed by atoms with Crippen LogP contribution < -0.4 is 5.32 Å². The molecule has 2 aliphatic rings. The predicted octanol–water partition coefficient (Wildman–Crippen LogP) is 1.47. The van der Waals surface area contributed by atoms with Crippen molar-refractivity contribution in [2.75, 3.05) is 6.54 Å². The maximum atomic E-state index is 12.5. The molecular weight excluding hydrogens is 268 g/mol. The van der Waals surface area contributed by atoms with Gasteiger partial charge in [-0.2, -0.15) is 0 Å². The van der Waals surface area contributed by atoms with Crippen molar-refractivity contribution in [3.63, 3.8) is 0 Å². The van der Waals surface area contributed by atoms with Crippen molar-refractivity contribution in [3.05, 3.63) is 35.5 Å². The summed E-state index contributed by atoms with van der Waals surface area (Å²) in [6, 6.07) is -0.576. The average Bonchev–Trinajstić information content (AvgIpc) is 2.67. The zero-order chi connectivity index (χ0) is 15.6. The summed E-state index contributed by atoms with van der Waals surface area (Å²) in [6.07, 6.45) is 5.39. The lowest BCUT2D eigenvalue weighted by molar-refractivity contribution is -0.142. The molecule has 1 N–H and O–H groups in total. The van der Waals surface area contributed by atoms with E-state index < -0.39 is 11.9 Å². The molecule has 5 heteroatoms. The van der Waals surface area contributed by atoms with Gasteiger partial charge in [0.05, 0.1) is 0 Å². The fourth-order valence-electron chi connectivity index (χ4n) is 2.67. The van der Waals surface area contributed by atoms with E-state index in [1.165, 1.54) is 4.90 Å². The molecule has 1 atom stereocenters. The van der Waals surface area contributed by atoms with E-state index in [2.05, 4.69) is 11.9 Å². The number of imide groups is 1. The minimum atomic E-state index is -0.576. The van der Waals surface area contributed by atoms with Gasteiger partial charge in [0.1, 0.15) is 6.04 Å². The zero-order valence-electron chi connectivity index (χ0n) is 12.4. The number of allylic oxidation sites excluding steroid dienone is 3. The first-order valence-electron chi connectivity index (χ1n) is 7.15. The third-order valence-corrected chi connectivity index (χ3v) is 3.72. The summed E-state index contributed by atoms with van der Waals surface area (Å²) in [7, 11) is 0. The highest BCUT2D eigenvalue weighted by molar-refractivity contribution is 6.06. The first-order valence-corrected chi connectivity index (χ1v) is 7.15. The van der Waals surface area contributed by atoms with Crippen LogP contribution in [0.3, 0.4) is 0 Å². The summed E-state index contributed by atoms with van der Waals surface area (Å²) in [4.78, 5) is 37.1. The summed E-state index contributed by atoms with van der Waals surface area (Å²) < 4.78 is 0. The van der Waals surface area contributed by atoms with Crippen molar-refractivity contribution in [3.8, 4) is 0 Å². The molecule has 0 spiro atoms. The molecule has 0 aromatic rings. The maximum absolute atomic E-state index is 12.5. The second kappa shape index (κ2) is 6.08. The Morgan fingerprint density at radius 1 is 1.43 bits per heavy atom. The molecule has 0 aromatic carbocycles. The molecule has 21 heavy (non-hydrogen) atoms. The van der Waals surface area contributed by atoms with Crippen molar-refractivity contribution in [1.29, 1.82) is 0 Å². The number of hydrogen-bond acceptors (Lipinski definition) is 3. The lowest BCUT2D eigenvalue weighted by atomic mass is 10.0. The maximum Gasteiger partial charge on any atom is 0.255 e. The minimum absolute atomic E-state index is 0.182. The number of rotatable bonds is 3. The Kier molecular flexibility index (Phi) is 4.40. The van der Waals surface area contributed by atoms with E-state index in [9.17, 15) is 14.4 Å². The highest BCUT2D eigenvalue weighted by Crippen LogP contribution is 2.27. The molecule has 2 heterocycles. The SMILES string of the molecule is C=C1CN(C2CCC(=O)NC2=O)C(=O)/C1=C/C(C)=C\CC.